The number of hydrogen-bond donors (Lipinski definition) is 2. The maximum Gasteiger partial charge on any atom is 0.198 e. The van der Waals surface area contributed by atoms with Crippen LogP contribution in [0.1, 0.15) is 45.7 Å². The quantitative estimate of drug-likeness (QED) is 0.257. The molecule has 180 valence electrons. The Hall–Kier alpha value is -4.58. The van der Waals surface area contributed by atoms with Gasteiger partial charge in [-0.25, -0.2) is 0 Å². The van der Waals surface area contributed by atoms with Crippen LogP contribution >= 0.6 is 0 Å². The summed E-state index contributed by atoms with van der Waals surface area (Å²) < 4.78 is 11.0. The lowest BCUT2D eigenvalue weighted by atomic mass is 9.82. The van der Waals surface area contributed by atoms with E-state index in [1.165, 1.54) is 0 Å². The number of ether oxygens (including phenoxy) is 2. The highest BCUT2D eigenvalue weighted by molar-refractivity contribution is 6.32. The zero-order valence-electron chi connectivity index (χ0n) is 20.1. The molecule has 0 aromatic heterocycles. The summed E-state index contributed by atoms with van der Waals surface area (Å²) in [6.45, 7) is 5.04. The predicted molar refractivity (Wildman–Crippen MR) is 142 cm³/mol. The zero-order chi connectivity index (χ0) is 25.1. The number of ketones is 2. The summed E-state index contributed by atoms with van der Waals surface area (Å²) in [5.41, 5.74) is 4.25. The molecule has 0 saturated carbocycles. The van der Waals surface area contributed by atoms with Crippen LogP contribution in [0.25, 0.3) is 0 Å². The van der Waals surface area contributed by atoms with E-state index in [0.29, 0.717) is 46.8 Å². The van der Waals surface area contributed by atoms with Gasteiger partial charge in [-0.1, -0.05) is 24.3 Å². The Morgan fingerprint density at radius 1 is 0.556 bits per heavy atom. The van der Waals surface area contributed by atoms with Gasteiger partial charge < -0.3 is 20.1 Å². The van der Waals surface area contributed by atoms with Gasteiger partial charge in [0.15, 0.2) is 11.6 Å². The third-order valence-electron chi connectivity index (χ3n) is 5.96. The molecule has 0 aliphatic heterocycles. The molecule has 0 saturated heterocycles. The van der Waals surface area contributed by atoms with Gasteiger partial charge in [-0.3, -0.25) is 9.59 Å². The van der Waals surface area contributed by atoms with Crippen molar-refractivity contribution < 1.29 is 19.1 Å². The smallest absolute Gasteiger partial charge is 0.198 e. The average Bonchev–Trinajstić information content (AvgIpc) is 2.90. The SMILES string of the molecule is CCOc1ccc(Nc2cccc3c2C(=O)c2c(Nc4ccc(OCC)cc4)cccc2C3=O)cc1. The van der Waals surface area contributed by atoms with Crippen LogP contribution in [-0.4, -0.2) is 24.8 Å². The molecule has 5 rings (SSSR count). The van der Waals surface area contributed by atoms with E-state index < -0.39 is 0 Å². The summed E-state index contributed by atoms with van der Waals surface area (Å²) in [5.74, 6) is 1.15. The van der Waals surface area contributed by atoms with Gasteiger partial charge in [-0.2, -0.15) is 0 Å². The first-order valence-corrected chi connectivity index (χ1v) is 11.9. The Bertz CT molecular complexity index is 1320. The third-order valence-corrected chi connectivity index (χ3v) is 5.96. The number of nitrogens with one attached hydrogen (secondary N) is 2. The number of carbonyl (C=O) groups excluding carboxylic acids is 2. The van der Waals surface area contributed by atoms with Crippen LogP contribution in [0, 0.1) is 0 Å². The molecule has 1 aliphatic rings. The number of carbonyl (C=O) groups is 2. The van der Waals surface area contributed by atoms with Gasteiger partial charge in [0.25, 0.3) is 0 Å². The average molecular weight is 479 g/mol. The van der Waals surface area contributed by atoms with Crippen molar-refractivity contribution in [1.29, 1.82) is 0 Å². The van der Waals surface area contributed by atoms with Crippen LogP contribution in [-0.2, 0) is 0 Å². The molecule has 36 heavy (non-hydrogen) atoms. The van der Waals surface area contributed by atoms with Gasteiger partial charge in [-0.05, 0) is 74.5 Å². The molecule has 0 spiro atoms. The van der Waals surface area contributed by atoms with Gasteiger partial charge in [0, 0.05) is 22.5 Å². The fourth-order valence-corrected chi connectivity index (χ4v) is 4.36. The second kappa shape index (κ2) is 9.96. The maximum absolute atomic E-state index is 13.9. The highest BCUT2D eigenvalue weighted by atomic mass is 16.5. The van der Waals surface area contributed by atoms with Gasteiger partial charge in [0.05, 0.1) is 35.7 Å². The lowest BCUT2D eigenvalue weighted by molar-refractivity contribution is 0.0980. The van der Waals surface area contributed by atoms with Crippen LogP contribution in [0.15, 0.2) is 84.9 Å². The molecule has 1 aliphatic carbocycles. The van der Waals surface area contributed by atoms with Crippen molar-refractivity contribution in [3.8, 4) is 11.5 Å². The zero-order valence-corrected chi connectivity index (χ0v) is 20.1. The summed E-state index contributed by atoms with van der Waals surface area (Å²) in [6.07, 6.45) is 0. The lowest BCUT2D eigenvalue weighted by Crippen LogP contribution is -2.23. The second-order valence-corrected chi connectivity index (χ2v) is 8.28. The van der Waals surface area contributed by atoms with E-state index in [1.54, 1.807) is 24.3 Å². The van der Waals surface area contributed by atoms with E-state index in [9.17, 15) is 9.59 Å². The Morgan fingerprint density at radius 2 is 0.972 bits per heavy atom. The van der Waals surface area contributed by atoms with E-state index in [-0.39, 0.29) is 11.6 Å². The van der Waals surface area contributed by atoms with E-state index in [0.717, 1.165) is 22.9 Å². The molecule has 6 heteroatoms. The Balaban J connectivity index is 1.50. The standard InChI is InChI=1S/C30H26N2O4/c1-3-35-21-15-11-19(12-16-21)31-25-9-5-7-23-27(25)30(34)28-24(29(23)33)8-6-10-26(28)32-20-13-17-22(18-14-20)36-4-2/h5-18,31-32H,3-4H2,1-2H3. The van der Waals surface area contributed by atoms with E-state index in [2.05, 4.69) is 10.6 Å². The molecule has 2 N–H and O–H groups in total. The first-order valence-electron chi connectivity index (χ1n) is 11.9. The van der Waals surface area contributed by atoms with E-state index >= 15 is 0 Å². The second-order valence-electron chi connectivity index (χ2n) is 8.28. The van der Waals surface area contributed by atoms with Crippen molar-refractivity contribution in [2.75, 3.05) is 23.8 Å². The molecule has 6 nitrogen and oxygen atoms in total. The van der Waals surface area contributed by atoms with Crippen molar-refractivity contribution in [2.45, 2.75) is 13.8 Å². The van der Waals surface area contributed by atoms with Crippen molar-refractivity contribution in [1.82, 2.24) is 0 Å². The fourth-order valence-electron chi connectivity index (χ4n) is 4.36. The Kier molecular flexibility index (Phi) is 6.41. The summed E-state index contributed by atoms with van der Waals surface area (Å²) >= 11 is 0. The Morgan fingerprint density at radius 3 is 1.36 bits per heavy atom. The van der Waals surface area contributed by atoms with Crippen LogP contribution in [0.4, 0.5) is 22.7 Å². The maximum atomic E-state index is 13.9. The summed E-state index contributed by atoms with van der Waals surface area (Å²) in [6, 6.07) is 25.6. The number of fused-ring (bicyclic) bond motifs is 2. The van der Waals surface area contributed by atoms with Gasteiger partial charge >= 0.3 is 0 Å². The molecule has 0 radical (unpaired) electrons. The van der Waals surface area contributed by atoms with Crippen LogP contribution in [0.5, 0.6) is 11.5 Å². The summed E-state index contributed by atoms with van der Waals surface area (Å²) in [4.78, 5) is 27.3. The fraction of sp³-hybridized carbons (Fsp3) is 0.133. The molecule has 0 atom stereocenters. The largest absolute Gasteiger partial charge is 0.494 e. The first kappa shape index (κ1) is 23.2. The minimum atomic E-state index is -0.206. The predicted octanol–water partition coefficient (Wildman–Crippen LogP) is 6.75. The highest BCUT2D eigenvalue weighted by Crippen LogP contribution is 2.37. The normalized spacial score (nSPS) is 11.9. The van der Waals surface area contributed by atoms with E-state index in [1.807, 2.05) is 74.5 Å². The van der Waals surface area contributed by atoms with Gasteiger partial charge in [0.2, 0.25) is 0 Å². The van der Waals surface area contributed by atoms with Crippen LogP contribution in [0.2, 0.25) is 0 Å². The number of benzene rings is 4. The molecular weight excluding hydrogens is 452 g/mol. The van der Waals surface area contributed by atoms with E-state index in [4.69, 9.17) is 9.47 Å². The van der Waals surface area contributed by atoms with Crippen molar-refractivity contribution in [3.05, 3.63) is 107 Å². The van der Waals surface area contributed by atoms with Gasteiger partial charge in [-0.15, -0.1) is 0 Å². The number of anilines is 4. The van der Waals surface area contributed by atoms with Crippen LogP contribution in [0.3, 0.4) is 0 Å². The topological polar surface area (TPSA) is 76.7 Å². The molecule has 4 aromatic rings. The lowest BCUT2D eigenvalue weighted by Gasteiger charge is -2.23. The van der Waals surface area contributed by atoms with Crippen molar-refractivity contribution >= 4 is 34.3 Å². The van der Waals surface area contributed by atoms with Crippen LogP contribution < -0.4 is 20.1 Å². The first-order chi connectivity index (χ1) is 17.6. The third kappa shape index (κ3) is 4.41. The molecule has 0 heterocycles. The van der Waals surface area contributed by atoms with Crippen molar-refractivity contribution in [3.63, 3.8) is 0 Å². The molecule has 0 bridgehead atoms. The summed E-state index contributed by atoms with van der Waals surface area (Å²) in [7, 11) is 0. The highest BCUT2D eigenvalue weighted by Gasteiger charge is 2.33. The monoisotopic (exact) mass is 478 g/mol. The molecule has 0 amide bonds. The minimum absolute atomic E-state index is 0.176. The molecule has 4 aromatic carbocycles. The summed E-state index contributed by atoms with van der Waals surface area (Å²) in [5, 5.41) is 6.62. The van der Waals surface area contributed by atoms with Gasteiger partial charge in [0.1, 0.15) is 11.5 Å². The Labute approximate surface area is 209 Å². The minimum Gasteiger partial charge on any atom is -0.494 e. The van der Waals surface area contributed by atoms with Crippen molar-refractivity contribution in [2.24, 2.45) is 0 Å². The molecular formula is C30H26N2O4. The molecule has 0 unspecified atom stereocenters. The number of rotatable bonds is 8. The number of hydrogen-bond acceptors (Lipinski definition) is 6. The molecule has 0 fully saturated rings.